The summed E-state index contributed by atoms with van der Waals surface area (Å²) < 4.78 is 2.42. The maximum atomic E-state index is 4.99. The highest BCUT2D eigenvalue weighted by Gasteiger charge is 2.07. The van der Waals surface area contributed by atoms with E-state index in [0.29, 0.717) is 0 Å². The van der Waals surface area contributed by atoms with Gasteiger partial charge in [-0.15, -0.1) is 0 Å². The molecule has 0 N–H and O–H groups in total. The second kappa shape index (κ2) is 14.4. The van der Waals surface area contributed by atoms with Gasteiger partial charge < -0.3 is 4.57 Å². The molecule has 2 heteroatoms. The van der Waals surface area contributed by atoms with Gasteiger partial charge in [0.1, 0.15) is 5.82 Å². The first-order chi connectivity index (χ1) is 13.8. The Morgan fingerprint density at radius 3 is 2.04 bits per heavy atom. The molecule has 1 heterocycles. The Labute approximate surface area is 173 Å². The molecule has 0 aliphatic rings. The number of nitrogens with zero attached hydrogens (tertiary/aromatic N) is 2. The van der Waals surface area contributed by atoms with Crippen molar-refractivity contribution in [3.63, 3.8) is 0 Å². The highest BCUT2D eigenvalue weighted by atomic mass is 15.1. The normalized spacial score (nSPS) is 11.2. The van der Waals surface area contributed by atoms with Crippen molar-refractivity contribution in [3.05, 3.63) is 53.6 Å². The Morgan fingerprint density at radius 2 is 1.36 bits per heavy atom. The molecule has 0 aliphatic carbocycles. The van der Waals surface area contributed by atoms with Crippen molar-refractivity contribution >= 4 is 0 Å². The standard InChI is InChI=1S/C26H42N2/c1-3-5-6-7-8-9-10-11-15-21-26-27-25(23-28(26)22-4-2)20-16-19-24-17-13-12-14-18-24/h12-14,17-18,23H,3-11,15-16,19-22H2,1-2H3. The van der Waals surface area contributed by atoms with Crippen LogP contribution < -0.4 is 0 Å². The van der Waals surface area contributed by atoms with E-state index in [9.17, 15) is 0 Å². The molecule has 0 radical (unpaired) electrons. The van der Waals surface area contributed by atoms with E-state index in [4.69, 9.17) is 4.98 Å². The van der Waals surface area contributed by atoms with Crippen molar-refractivity contribution < 1.29 is 0 Å². The summed E-state index contributed by atoms with van der Waals surface area (Å²) in [5.41, 5.74) is 2.72. The number of hydrogen-bond donors (Lipinski definition) is 0. The van der Waals surface area contributed by atoms with Gasteiger partial charge in [-0.2, -0.15) is 0 Å². The highest BCUT2D eigenvalue weighted by molar-refractivity contribution is 5.15. The van der Waals surface area contributed by atoms with Gasteiger partial charge in [-0.3, -0.25) is 0 Å². The first-order valence-electron chi connectivity index (χ1n) is 11.9. The van der Waals surface area contributed by atoms with E-state index in [1.807, 2.05) is 0 Å². The summed E-state index contributed by atoms with van der Waals surface area (Å²) in [6.07, 6.45) is 20.6. The molecular weight excluding hydrogens is 340 g/mol. The molecule has 0 unspecified atom stereocenters. The topological polar surface area (TPSA) is 17.8 Å². The number of benzene rings is 1. The van der Waals surface area contributed by atoms with Crippen LogP contribution in [-0.4, -0.2) is 9.55 Å². The third-order valence-corrected chi connectivity index (χ3v) is 5.62. The molecule has 0 spiro atoms. The van der Waals surface area contributed by atoms with Gasteiger partial charge in [-0.25, -0.2) is 4.98 Å². The summed E-state index contributed by atoms with van der Waals surface area (Å²) in [4.78, 5) is 4.99. The fraction of sp³-hybridized carbons (Fsp3) is 0.654. The molecule has 0 fully saturated rings. The van der Waals surface area contributed by atoms with Gasteiger partial charge in [0.2, 0.25) is 0 Å². The molecule has 1 aromatic carbocycles. The average molecular weight is 383 g/mol. The van der Waals surface area contributed by atoms with Crippen molar-refractivity contribution in [1.29, 1.82) is 0 Å². The smallest absolute Gasteiger partial charge is 0.108 e. The molecule has 0 atom stereocenters. The number of aromatic nitrogens is 2. The first kappa shape index (κ1) is 22.7. The van der Waals surface area contributed by atoms with Crippen LogP contribution in [0.2, 0.25) is 0 Å². The summed E-state index contributed by atoms with van der Waals surface area (Å²) >= 11 is 0. The Hall–Kier alpha value is -1.57. The van der Waals surface area contributed by atoms with Crippen LogP contribution in [0.5, 0.6) is 0 Å². The predicted octanol–water partition coefficient (Wildman–Crippen LogP) is 7.54. The largest absolute Gasteiger partial charge is 0.335 e. The third-order valence-electron chi connectivity index (χ3n) is 5.62. The van der Waals surface area contributed by atoms with Crippen LogP contribution >= 0.6 is 0 Å². The zero-order chi connectivity index (χ0) is 19.9. The SMILES string of the molecule is CCCCCCCCCCCc1nc(CCCc2ccccc2)cn1CCC. The second-order valence-corrected chi connectivity index (χ2v) is 8.26. The summed E-state index contributed by atoms with van der Waals surface area (Å²) in [7, 11) is 0. The zero-order valence-electron chi connectivity index (χ0n) is 18.5. The van der Waals surface area contributed by atoms with Gasteiger partial charge in [-0.1, -0.05) is 95.5 Å². The molecule has 28 heavy (non-hydrogen) atoms. The van der Waals surface area contributed by atoms with E-state index >= 15 is 0 Å². The molecule has 156 valence electrons. The molecule has 0 saturated carbocycles. The lowest BCUT2D eigenvalue weighted by atomic mass is 10.1. The van der Waals surface area contributed by atoms with E-state index < -0.39 is 0 Å². The van der Waals surface area contributed by atoms with E-state index in [1.165, 1.54) is 87.7 Å². The minimum Gasteiger partial charge on any atom is -0.335 e. The molecule has 0 amide bonds. The van der Waals surface area contributed by atoms with Crippen LogP contribution in [-0.2, 0) is 25.8 Å². The quantitative estimate of drug-likeness (QED) is 0.274. The molecule has 2 nitrogen and oxygen atoms in total. The number of rotatable bonds is 16. The Morgan fingerprint density at radius 1 is 0.679 bits per heavy atom. The molecular formula is C26H42N2. The fourth-order valence-electron chi connectivity index (χ4n) is 3.98. The minimum atomic E-state index is 1.09. The lowest BCUT2D eigenvalue weighted by molar-refractivity contribution is 0.553. The number of aryl methyl sites for hydroxylation is 4. The Balaban J connectivity index is 1.67. The number of unbranched alkanes of at least 4 members (excludes halogenated alkanes) is 8. The average Bonchev–Trinajstić information content (AvgIpc) is 3.09. The van der Waals surface area contributed by atoms with Crippen LogP contribution in [0, 0.1) is 0 Å². The third kappa shape index (κ3) is 9.08. The maximum absolute atomic E-state index is 4.99. The second-order valence-electron chi connectivity index (χ2n) is 8.26. The van der Waals surface area contributed by atoms with Crippen LogP contribution in [0.1, 0.15) is 102 Å². The zero-order valence-corrected chi connectivity index (χ0v) is 18.5. The molecule has 0 saturated heterocycles. The van der Waals surface area contributed by atoms with Gasteiger partial charge >= 0.3 is 0 Å². The monoisotopic (exact) mass is 382 g/mol. The lowest BCUT2D eigenvalue weighted by Crippen LogP contribution is -2.02. The van der Waals surface area contributed by atoms with E-state index in [0.717, 1.165) is 25.8 Å². The molecule has 1 aromatic heterocycles. The number of imidazole rings is 1. The first-order valence-corrected chi connectivity index (χ1v) is 11.9. The highest BCUT2D eigenvalue weighted by Crippen LogP contribution is 2.14. The molecule has 2 rings (SSSR count). The van der Waals surface area contributed by atoms with E-state index in [-0.39, 0.29) is 0 Å². The number of hydrogen-bond acceptors (Lipinski definition) is 1. The van der Waals surface area contributed by atoms with E-state index in [1.54, 1.807) is 0 Å². The van der Waals surface area contributed by atoms with Crippen molar-refractivity contribution in [3.8, 4) is 0 Å². The fourth-order valence-corrected chi connectivity index (χ4v) is 3.98. The molecule has 2 aromatic rings. The summed E-state index contributed by atoms with van der Waals surface area (Å²) in [6, 6.07) is 10.8. The van der Waals surface area contributed by atoms with Crippen LogP contribution in [0.25, 0.3) is 0 Å². The lowest BCUT2D eigenvalue weighted by Gasteiger charge is -2.06. The van der Waals surface area contributed by atoms with Gasteiger partial charge in [0.15, 0.2) is 0 Å². The predicted molar refractivity (Wildman–Crippen MR) is 122 cm³/mol. The van der Waals surface area contributed by atoms with Crippen LogP contribution in [0.4, 0.5) is 0 Å². The van der Waals surface area contributed by atoms with Gasteiger partial charge in [0.05, 0.1) is 5.69 Å². The van der Waals surface area contributed by atoms with Crippen LogP contribution in [0.3, 0.4) is 0 Å². The van der Waals surface area contributed by atoms with Crippen molar-refractivity contribution in [1.82, 2.24) is 9.55 Å². The minimum absolute atomic E-state index is 1.09. The maximum Gasteiger partial charge on any atom is 0.108 e. The Bertz CT molecular complexity index is 615. The Kier molecular flexibility index (Phi) is 11.7. The van der Waals surface area contributed by atoms with Crippen molar-refractivity contribution in [2.45, 2.75) is 110 Å². The van der Waals surface area contributed by atoms with Gasteiger partial charge in [0, 0.05) is 19.2 Å². The van der Waals surface area contributed by atoms with Crippen molar-refractivity contribution in [2.75, 3.05) is 0 Å². The van der Waals surface area contributed by atoms with Crippen LogP contribution in [0.15, 0.2) is 36.5 Å². The van der Waals surface area contributed by atoms with Gasteiger partial charge in [0.25, 0.3) is 0 Å². The summed E-state index contributed by atoms with van der Waals surface area (Å²) in [5.74, 6) is 1.32. The summed E-state index contributed by atoms with van der Waals surface area (Å²) in [5, 5.41) is 0. The summed E-state index contributed by atoms with van der Waals surface area (Å²) in [6.45, 7) is 5.66. The van der Waals surface area contributed by atoms with Crippen molar-refractivity contribution in [2.24, 2.45) is 0 Å². The van der Waals surface area contributed by atoms with E-state index in [2.05, 4.69) is 54.9 Å². The molecule has 0 bridgehead atoms. The molecule has 0 aliphatic heterocycles. The van der Waals surface area contributed by atoms with Gasteiger partial charge in [-0.05, 0) is 37.7 Å².